The lowest BCUT2D eigenvalue weighted by molar-refractivity contribution is -0.119. The number of benzene rings is 2. The number of rotatable bonds is 7. The van der Waals surface area contributed by atoms with Crippen molar-refractivity contribution >= 4 is 23.2 Å². The number of nitrogens with zero attached hydrogens (tertiary/aromatic N) is 2. The highest BCUT2D eigenvalue weighted by molar-refractivity contribution is 6.02. The maximum Gasteiger partial charge on any atom is 0.256 e. The Kier molecular flexibility index (Phi) is 8.00. The fourth-order valence-electron chi connectivity index (χ4n) is 4.98. The van der Waals surface area contributed by atoms with Gasteiger partial charge < -0.3 is 19.9 Å². The van der Waals surface area contributed by atoms with Crippen LogP contribution in [0.15, 0.2) is 48.5 Å². The maximum absolute atomic E-state index is 13.5. The average molecular weight is 450 g/mol. The van der Waals surface area contributed by atoms with Gasteiger partial charge in [0.05, 0.1) is 5.56 Å². The SMILES string of the molecule is COCC(=O)Nc1ccc(N2CCC(Cc3ccccc3)CC2)c(C(=O)N2CCCCC2)c1. The van der Waals surface area contributed by atoms with E-state index in [1.165, 1.54) is 19.1 Å². The molecule has 33 heavy (non-hydrogen) atoms. The number of carbonyl (C=O) groups excluding carboxylic acids is 2. The van der Waals surface area contributed by atoms with Crippen molar-refractivity contribution in [3.05, 3.63) is 59.7 Å². The number of amides is 2. The van der Waals surface area contributed by atoms with Crippen LogP contribution in [0.1, 0.15) is 48.0 Å². The van der Waals surface area contributed by atoms with E-state index in [9.17, 15) is 9.59 Å². The molecule has 2 heterocycles. The zero-order valence-corrected chi connectivity index (χ0v) is 19.6. The van der Waals surface area contributed by atoms with Crippen molar-refractivity contribution in [1.82, 2.24) is 4.90 Å². The summed E-state index contributed by atoms with van der Waals surface area (Å²) in [4.78, 5) is 29.8. The molecule has 2 fully saturated rings. The van der Waals surface area contributed by atoms with Gasteiger partial charge in [0.15, 0.2) is 0 Å². The van der Waals surface area contributed by atoms with Crippen molar-refractivity contribution in [1.29, 1.82) is 0 Å². The molecule has 2 aromatic rings. The summed E-state index contributed by atoms with van der Waals surface area (Å²) in [5.74, 6) is 0.514. The average Bonchev–Trinajstić information content (AvgIpc) is 2.85. The number of methoxy groups -OCH3 is 1. The Hall–Kier alpha value is -2.86. The minimum atomic E-state index is -0.219. The fourth-order valence-corrected chi connectivity index (χ4v) is 4.98. The van der Waals surface area contributed by atoms with Crippen LogP contribution in [-0.4, -0.2) is 56.6 Å². The largest absolute Gasteiger partial charge is 0.375 e. The van der Waals surface area contributed by atoms with E-state index in [-0.39, 0.29) is 18.4 Å². The van der Waals surface area contributed by atoms with Crippen LogP contribution in [0.4, 0.5) is 11.4 Å². The Morgan fingerprint density at radius 1 is 0.970 bits per heavy atom. The molecule has 4 rings (SSSR count). The molecule has 176 valence electrons. The van der Waals surface area contributed by atoms with Gasteiger partial charge in [-0.25, -0.2) is 0 Å². The van der Waals surface area contributed by atoms with Crippen molar-refractivity contribution < 1.29 is 14.3 Å². The van der Waals surface area contributed by atoms with Gasteiger partial charge in [0, 0.05) is 44.7 Å². The van der Waals surface area contributed by atoms with Crippen LogP contribution < -0.4 is 10.2 Å². The third-order valence-electron chi connectivity index (χ3n) is 6.75. The molecular formula is C27H35N3O3. The van der Waals surface area contributed by atoms with Gasteiger partial charge >= 0.3 is 0 Å². The Bertz CT molecular complexity index is 933. The third kappa shape index (κ3) is 6.14. The van der Waals surface area contributed by atoms with E-state index >= 15 is 0 Å². The predicted molar refractivity (Wildman–Crippen MR) is 132 cm³/mol. The highest BCUT2D eigenvalue weighted by atomic mass is 16.5. The van der Waals surface area contributed by atoms with Gasteiger partial charge in [0.1, 0.15) is 6.61 Å². The smallest absolute Gasteiger partial charge is 0.256 e. The number of anilines is 2. The number of ether oxygens (including phenoxy) is 1. The summed E-state index contributed by atoms with van der Waals surface area (Å²) < 4.78 is 4.92. The van der Waals surface area contributed by atoms with E-state index in [2.05, 4.69) is 40.5 Å². The summed E-state index contributed by atoms with van der Waals surface area (Å²) in [5, 5.41) is 2.85. The van der Waals surface area contributed by atoms with E-state index in [4.69, 9.17) is 4.74 Å². The zero-order valence-electron chi connectivity index (χ0n) is 19.6. The number of piperidine rings is 2. The number of likely N-dealkylation sites (tertiary alicyclic amines) is 1. The molecule has 6 nitrogen and oxygen atoms in total. The molecule has 0 atom stereocenters. The van der Waals surface area contributed by atoms with Gasteiger partial charge in [-0.1, -0.05) is 30.3 Å². The van der Waals surface area contributed by atoms with E-state index in [1.807, 2.05) is 23.1 Å². The highest BCUT2D eigenvalue weighted by Crippen LogP contribution is 2.31. The minimum Gasteiger partial charge on any atom is -0.375 e. The zero-order chi connectivity index (χ0) is 23.0. The van der Waals surface area contributed by atoms with Crippen molar-refractivity contribution in [3.63, 3.8) is 0 Å². The summed E-state index contributed by atoms with van der Waals surface area (Å²) in [6.07, 6.45) is 6.61. The standard InChI is InChI=1S/C27H35N3O3/c1-33-20-26(31)28-23-10-11-25(24(19-23)27(32)30-14-6-3-7-15-30)29-16-12-22(13-17-29)18-21-8-4-2-5-9-21/h2,4-5,8-11,19,22H,3,6-7,12-18,20H2,1H3,(H,28,31). The molecule has 2 aliphatic heterocycles. The lowest BCUT2D eigenvalue weighted by Crippen LogP contribution is -2.39. The molecule has 0 unspecified atom stereocenters. The first-order valence-corrected chi connectivity index (χ1v) is 12.1. The summed E-state index contributed by atoms with van der Waals surface area (Å²) in [7, 11) is 1.50. The minimum absolute atomic E-state index is 0.00785. The Labute approximate surface area is 196 Å². The molecule has 0 aliphatic carbocycles. The molecule has 2 saturated heterocycles. The van der Waals surface area contributed by atoms with Crippen molar-refractivity contribution in [2.24, 2.45) is 5.92 Å². The Morgan fingerprint density at radius 3 is 2.39 bits per heavy atom. The molecule has 2 aliphatic rings. The lowest BCUT2D eigenvalue weighted by atomic mass is 9.89. The second-order valence-electron chi connectivity index (χ2n) is 9.19. The molecule has 2 aromatic carbocycles. The second-order valence-corrected chi connectivity index (χ2v) is 9.19. The molecule has 1 N–H and O–H groups in total. The molecule has 0 aromatic heterocycles. The van der Waals surface area contributed by atoms with Crippen molar-refractivity contribution in [3.8, 4) is 0 Å². The van der Waals surface area contributed by atoms with Crippen LogP contribution in [0.3, 0.4) is 0 Å². The predicted octanol–water partition coefficient (Wildman–Crippen LogP) is 4.36. The van der Waals surface area contributed by atoms with Gasteiger partial charge in [-0.05, 0) is 68.2 Å². The van der Waals surface area contributed by atoms with Gasteiger partial charge in [-0.2, -0.15) is 0 Å². The molecule has 0 radical (unpaired) electrons. The molecule has 2 amide bonds. The van der Waals surface area contributed by atoms with Crippen LogP contribution >= 0.6 is 0 Å². The first-order chi connectivity index (χ1) is 16.1. The van der Waals surface area contributed by atoms with Gasteiger partial charge in [0.2, 0.25) is 5.91 Å². The first kappa shape index (κ1) is 23.3. The van der Waals surface area contributed by atoms with E-state index < -0.39 is 0 Å². The van der Waals surface area contributed by atoms with Crippen LogP contribution in [0.25, 0.3) is 0 Å². The number of nitrogens with one attached hydrogen (secondary N) is 1. The quantitative estimate of drug-likeness (QED) is 0.682. The first-order valence-electron chi connectivity index (χ1n) is 12.1. The van der Waals surface area contributed by atoms with Crippen LogP contribution in [0.2, 0.25) is 0 Å². The second kappa shape index (κ2) is 11.3. The summed E-state index contributed by atoms with van der Waals surface area (Å²) in [6, 6.07) is 16.4. The lowest BCUT2D eigenvalue weighted by Gasteiger charge is -2.36. The summed E-state index contributed by atoms with van der Waals surface area (Å²) in [5.41, 5.74) is 3.70. The van der Waals surface area contributed by atoms with Gasteiger partial charge in [0.25, 0.3) is 5.91 Å². The molecule has 6 heteroatoms. The van der Waals surface area contributed by atoms with E-state index in [1.54, 1.807) is 0 Å². The summed E-state index contributed by atoms with van der Waals surface area (Å²) >= 11 is 0. The van der Waals surface area contributed by atoms with Crippen LogP contribution in [0.5, 0.6) is 0 Å². The Balaban J connectivity index is 1.50. The normalized spacial score (nSPS) is 17.1. The monoisotopic (exact) mass is 449 g/mol. The van der Waals surface area contributed by atoms with Crippen LogP contribution in [0, 0.1) is 5.92 Å². The topological polar surface area (TPSA) is 61.9 Å². The number of carbonyl (C=O) groups is 2. The number of hydrogen-bond acceptors (Lipinski definition) is 4. The molecular weight excluding hydrogens is 414 g/mol. The molecule has 0 spiro atoms. The third-order valence-corrected chi connectivity index (χ3v) is 6.75. The highest BCUT2D eigenvalue weighted by Gasteiger charge is 2.26. The van der Waals surface area contributed by atoms with E-state index in [0.29, 0.717) is 17.2 Å². The van der Waals surface area contributed by atoms with E-state index in [0.717, 1.165) is 64.0 Å². The number of hydrogen-bond donors (Lipinski definition) is 1. The van der Waals surface area contributed by atoms with Crippen molar-refractivity contribution in [2.45, 2.75) is 38.5 Å². The van der Waals surface area contributed by atoms with Crippen molar-refractivity contribution in [2.75, 3.05) is 50.1 Å². The van der Waals surface area contributed by atoms with Gasteiger partial charge in [-0.15, -0.1) is 0 Å². The Morgan fingerprint density at radius 2 is 1.70 bits per heavy atom. The molecule has 0 saturated carbocycles. The maximum atomic E-state index is 13.5. The van der Waals surface area contributed by atoms with Gasteiger partial charge in [-0.3, -0.25) is 9.59 Å². The molecule has 0 bridgehead atoms. The van der Waals surface area contributed by atoms with Crippen LogP contribution in [-0.2, 0) is 16.0 Å². The summed E-state index contributed by atoms with van der Waals surface area (Å²) in [6.45, 7) is 3.47. The fraction of sp³-hybridized carbons (Fsp3) is 0.481.